The van der Waals surface area contributed by atoms with E-state index in [9.17, 15) is 14.4 Å². The largest absolute Gasteiger partial charge is 0.235 e. The van der Waals surface area contributed by atoms with Crippen molar-refractivity contribution in [3.8, 4) is 0 Å². The average Bonchev–Trinajstić information content (AvgIpc) is 3.09. The number of hydrogen-bond acceptors (Lipinski definition) is 6. The Labute approximate surface area is 129 Å². The highest BCUT2D eigenvalue weighted by Crippen LogP contribution is 2.58. The third-order valence-corrected chi connectivity index (χ3v) is 5.62. The van der Waals surface area contributed by atoms with Gasteiger partial charge in [0.15, 0.2) is 0 Å². The second kappa shape index (κ2) is 7.42. The van der Waals surface area contributed by atoms with Crippen molar-refractivity contribution in [1.82, 2.24) is 0 Å². The lowest BCUT2D eigenvalue weighted by Crippen LogP contribution is -2.39. The lowest BCUT2D eigenvalue weighted by molar-refractivity contribution is 0.127. The number of carbonyl (C=O) groups excluding carboxylic acids is 3. The molecular formula is C16H21N3O3. The van der Waals surface area contributed by atoms with Gasteiger partial charge in [0.25, 0.3) is 0 Å². The van der Waals surface area contributed by atoms with Crippen LogP contribution in [-0.4, -0.2) is 36.9 Å². The first-order valence-electron chi connectivity index (χ1n) is 7.85. The molecule has 2 rings (SSSR count). The third kappa shape index (κ3) is 3.00. The average molecular weight is 303 g/mol. The van der Waals surface area contributed by atoms with E-state index in [1.165, 1.54) is 0 Å². The molecule has 118 valence electrons. The minimum Gasteiger partial charge on any atom is -0.211 e. The number of nitrogens with zero attached hydrogens (tertiary/aromatic N) is 3. The summed E-state index contributed by atoms with van der Waals surface area (Å²) in [6, 6.07) is -0.169. The summed E-state index contributed by atoms with van der Waals surface area (Å²) in [5.41, 5.74) is 0. The molecule has 7 unspecified atom stereocenters. The van der Waals surface area contributed by atoms with E-state index < -0.39 is 0 Å². The Balaban J connectivity index is 2.28. The van der Waals surface area contributed by atoms with Gasteiger partial charge < -0.3 is 0 Å². The molecule has 2 saturated carbocycles. The zero-order valence-corrected chi connectivity index (χ0v) is 12.9. The highest BCUT2D eigenvalue weighted by Gasteiger charge is 2.55. The number of rotatable bonds is 7. The van der Waals surface area contributed by atoms with Crippen molar-refractivity contribution in [2.45, 2.75) is 45.2 Å². The van der Waals surface area contributed by atoms with E-state index >= 15 is 0 Å². The molecule has 2 bridgehead atoms. The Kier molecular flexibility index (Phi) is 5.57. The number of aliphatic imine (C=N–C) groups is 3. The van der Waals surface area contributed by atoms with E-state index in [0.29, 0.717) is 24.3 Å². The lowest BCUT2D eigenvalue weighted by atomic mass is 9.68. The van der Waals surface area contributed by atoms with E-state index in [2.05, 4.69) is 15.0 Å². The molecule has 0 saturated heterocycles. The van der Waals surface area contributed by atoms with Crippen molar-refractivity contribution in [2.24, 2.45) is 44.6 Å². The Hall–Kier alpha value is -1.86. The number of hydrogen-bond donors (Lipinski definition) is 0. The van der Waals surface area contributed by atoms with Crippen molar-refractivity contribution < 1.29 is 14.4 Å². The molecule has 0 amide bonds. The quantitative estimate of drug-likeness (QED) is 0.532. The molecule has 0 aliphatic heterocycles. The van der Waals surface area contributed by atoms with Gasteiger partial charge >= 0.3 is 0 Å². The second-order valence-corrected chi connectivity index (χ2v) is 6.39. The lowest BCUT2D eigenvalue weighted by Gasteiger charge is -2.38. The fraction of sp³-hybridized carbons (Fsp3) is 0.812. The van der Waals surface area contributed by atoms with Crippen LogP contribution in [0, 0.1) is 29.6 Å². The van der Waals surface area contributed by atoms with Crippen molar-refractivity contribution >= 4 is 18.2 Å². The second-order valence-electron chi connectivity index (χ2n) is 6.39. The van der Waals surface area contributed by atoms with Gasteiger partial charge in [0.1, 0.15) is 0 Å². The summed E-state index contributed by atoms with van der Waals surface area (Å²) in [5.74, 6) is 1.54. The van der Waals surface area contributed by atoms with Gasteiger partial charge in [-0.05, 0) is 55.8 Å². The molecule has 2 fully saturated rings. The third-order valence-electron chi connectivity index (χ3n) is 5.62. The summed E-state index contributed by atoms with van der Waals surface area (Å²) >= 11 is 0. The van der Waals surface area contributed by atoms with Crippen LogP contribution >= 0.6 is 0 Å². The summed E-state index contributed by atoms with van der Waals surface area (Å²) in [6.45, 7) is 4.38. The molecule has 0 N–H and O–H groups in total. The van der Waals surface area contributed by atoms with Crippen LogP contribution < -0.4 is 0 Å². The van der Waals surface area contributed by atoms with Crippen molar-refractivity contribution in [1.29, 1.82) is 0 Å². The summed E-state index contributed by atoms with van der Waals surface area (Å²) in [7, 11) is 0. The smallest absolute Gasteiger partial charge is 0.211 e. The van der Waals surface area contributed by atoms with Crippen LogP contribution in [-0.2, 0) is 14.4 Å². The van der Waals surface area contributed by atoms with Crippen molar-refractivity contribution in [3.05, 3.63) is 0 Å². The van der Waals surface area contributed by atoms with E-state index in [4.69, 9.17) is 0 Å². The highest BCUT2D eigenvalue weighted by atomic mass is 16.1. The molecular weight excluding hydrogens is 282 g/mol. The maximum atomic E-state index is 10.7. The maximum Gasteiger partial charge on any atom is 0.235 e. The molecule has 22 heavy (non-hydrogen) atoms. The standard InChI is InChI=1S/C16H21N3O3/c1-3-15(19-9-22)16-13-5-11(14(16)6-17-7-20)4-12(13)10(2)18-8-21/h10-16H,3-6H2,1-2H3. The summed E-state index contributed by atoms with van der Waals surface area (Å²) in [4.78, 5) is 43.4. The van der Waals surface area contributed by atoms with Gasteiger partial charge in [-0.2, -0.15) is 0 Å². The van der Waals surface area contributed by atoms with Gasteiger partial charge in [-0.3, -0.25) is 0 Å². The molecule has 6 nitrogen and oxygen atoms in total. The Morgan fingerprint density at radius 1 is 1.09 bits per heavy atom. The normalized spacial score (nSPS) is 34.9. The molecule has 0 aromatic heterocycles. The molecule has 2 aliphatic carbocycles. The van der Waals surface area contributed by atoms with E-state index in [1.807, 2.05) is 13.8 Å². The zero-order chi connectivity index (χ0) is 16.1. The van der Waals surface area contributed by atoms with Crippen LogP contribution in [0.3, 0.4) is 0 Å². The first-order valence-corrected chi connectivity index (χ1v) is 7.85. The van der Waals surface area contributed by atoms with Crippen LogP contribution in [0.2, 0.25) is 0 Å². The molecule has 0 radical (unpaired) electrons. The minimum atomic E-state index is -0.102. The van der Waals surface area contributed by atoms with Crippen LogP contribution in [0.1, 0.15) is 33.1 Å². The maximum absolute atomic E-state index is 10.7. The van der Waals surface area contributed by atoms with Gasteiger partial charge in [0, 0.05) is 0 Å². The predicted octanol–water partition coefficient (Wildman–Crippen LogP) is 2.05. The van der Waals surface area contributed by atoms with Crippen LogP contribution in [0.4, 0.5) is 0 Å². The minimum absolute atomic E-state index is 0.0664. The first kappa shape index (κ1) is 16.5. The summed E-state index contributed by atoms with van der Waals surface area (Å²) < 4.78 is 0. The predicted molar refractivity (Wildman–Crippen MR) is 79.5 cm³/mol. The molecule has 0 heterocycles. The number of fused-ring (bicyclic) bond motifs is 2. The van der Waals surface area contributed by atoms with Crippen LogP contribution in [0.25, 0.3) is 0 Å². The molecule has 0 aromatic carbocycles. The molecule has 2 aliphatic rings. The molecule has 0 spiro atoms. The van der Waals surface area contributed by atoms with Crippen molar-refractivity contribution in [3.63, 3.8) is 0 Å². The Bertz CT molecular complexity index is 545. The topological polar surface area (TPSA) is 88.3 Å². The molecule has 7 atom stereocenters. The first-order chi connectivity index (χ1) is 10.7. The van der Waals surface area contributed by atoms with E-state index in [1.54, 1.807) is 18.2 Å². The van der Waals surface area contributed by atoms with Crippen LogP contribution in [0.15, 0.2) is 15.0 Å². The Morgan fingerprint density at radius 3 is 2.41 bits per heavy atom. The zero-order valence-electron chi connectivity index (χ0n) is 12.9. The van der Waals surface area contributed by atoms with Gasteiger partial charge in [0.05, 0.1) is 18.6 Å². The van der Waals surface area contributed by atoms with Gasteiger partial charge in [-0.25, -0.2) is 29.4 Å². The van der Waals surface area contributed by atoms with Crippen molar-refractivity contribution in [2.75, 3.05) is 6.54 Å². The van der Waals surface area contributed by atoms with E-state index in [0.717, 1.165) is 19.3 Å². The summed E-state index contributed by atoms with van der Waals surface area (Å²) in [5, 5.41) is 0. The van der Waals surface area contributed by atoms with Gasteiger partial charge in [-0.1, -0.05) is 6.92 Å². The van der Waals surface area contributed by atoms with E-state index in [-0.39, 0.29) is 23.9 Å². The van der Waals surface area contributed by atoms with Gasteiger partial charge in [-0.15, -0.1) is 0 Å². The number of isocyanates is 3. The SMILES string of the molecule is CCC(N=C=O)C1C(CN=C=O)C2CC(C(C)N=C=O)C1C2. The highest BCUT2D eigenvalue weighted by molar-refractivity contribution is 5.35. The summed E-state index contributed by atoms with van der Waals surface area (Å²) in [6.07, 6.45) is 7.71. The fourth-order valence-corrected chi connectivity index (χ4v) is 4.80. The molecule has 6 heteroatoms. The van der Waals surface area contributed by atoms with Gasteiger partial charge in [0.2, 0.25) is 18.2 Å². The Morgan fingerprint density at radius 2 is 1.82 bits per heavy atom. The monoisotopic (exact) mass is 303 g/mol. The molecule has 0 aromatic rings. The van der Waals surface area contributed by atoms with Crippen LogP contribution in [0.5, 0.6) is 0 Å². The fourth-order valence-electron chi connectivity index (χ4n) is 4.80.